The van der Waals surface area contributed by atoms with Crippen LogP contribution >= 0.6 is 11.3 Å². The van der Waals surface area contributed by atoms with Crippen LogP contribution in [0.1, 0.15) is 38.5 Å². The molecule has 1 amide bonds. The molecule has 0 aliphatic heterocycles. The summed E-state index contributed by atoms with van der Waals surface area (Å²) in [5.74, 6) is -0.756. The van der Waals surface area contributed by atoms with Gasteiger partial charge in [-0.15, -0.1) is 11.3 Å². The lowest BCUT2D eigenvalue weighted by Gasteiger charge is -2.08. The molecule has 0 saturated carbocycles. The second-order valence-corrected chi connectivity index (χ2v) is 6.85. The molecule has 1 aliphatic carbocycles. The molecule has 1 heterocycles. The van der Waals surface area contributed by atoms with Gasteiger partial charge < -0.3 is 9.84 Å². The summed E-state index contributed by atoms with van der Waals surface area (Å²) in [6, 6.07) is 8.74. The number of hydrazone groups is 1. The number of carbonyl (C=O) groups is 2. The van der Waals surface area contributed by atoms with Gasteiger partial charge in [0.25, 0.3) is 5.91 Å². The van der Waals surface area contributed by atoms with E-state index in [1.165, 1.54) is 29.5 Å². The molecule has 0 saturated heterocycles. The SMILES string of the molecule is O=C(O)COc1ccc(/C=N/NC(=O)c2cc3c(s2)CCCC3)cc1. The van der Waals surface area contributed by atoms with Crippen molar-refractivity contribution in [2.75, 3.05) is 6.61 Å². The number of hydrogen-bond donors (Lipinski definition) is 2. The van der Waals surface area contributed by atoms with E-state index in [1.807, 2.05) is 6.07 Å². The normalized spacial score (nSPS) is 13.4. The molecule has 1 aromatic carbocycles. The average molecular weight is 358 g/mol. The lowest BCUT2D eigenvalue weighted by Crippen LogP contribution is -2.16. The van der Waals surface area contributed by atoms with E-state index in [4.69, 9.17) is 9.84 Å². The minimum Gasteiger partial charge on any atom is -0.482 e. The molecule has 1 aliphatic rings. The summed E-state index contributed by atoms with van der Waals surface area (Å²) in [6.45, 7) is -0.381. The van der Waals surface area contributed by atoms with Crippen molar-refractivity contribution in [2.24, 2.45) is 5.10 Å². The molecule has 2 aromatic rings. The Morgan fingerprint density at radius 1 is 1.24 bits per heavy atom. The van der Waals surface area contributed by atoms with E-state index in [9.17, 15) is 9.59 Å². The van der Waals surface area contributed by atoms with E-state index in [0.29, 0.717) is 10.6 Å². The van der Waals surface area contributed by atoms with Gasteiger partial charge >= 0.3 is 5.97 Å². The van der Waals surface area contributed by atoms with Crippen LogP contribution in [0.15, 0.2) is 35.4 Å². The van der Waals surface area contributed by atoms with Gasteiger partial charge in [0.2, 0.25) is 0 Å². The van der Waals surface area contributed by atoms with Crippen LogP contribution in [0.25, 0.3) is 0 Å². The lowest BCUT2D eigenvalue weighted by atomic mass is 9.99. The van der Waals surface area contributed by atoms with Gasteiger partial charge in [-0.1, -0.05) is 0 Å². The smallest absolute Gasteiger partial charge is 0.341 e. The maximum atomic E-state index is 12.2. The summed E-state index contributed by atoms with van der Waals surface area (Å²) in [5, 5.41) is 12.5. The van der Waals surface area contributed by atoms with Crippen LogP contribution in [0, 0.1) is 0 Å². The molecule has 7 heteroatoms. The lowest BCUT2D eigenvalue weighted by molar-refractivity contribution is -0.139. The summed E-state index contributed by atoms with van der Waals surface area (Å²) in [6.07, 6.45) is 6.03. The van der Waals surface area contributed by atoms with Crippen molar-refractivity contribution in [1.29, 1.82) is 0 Å². The zero-order chi connectivity index (χ0) is 17.6. The Labute approximate surface area is 149 Å². The highest BCUT2D eigenvalue weighted by Crippen LogP contribution is 2.29. The largest absolute Gasteiger partial charge is 0.482 e. The number of carboxylic acids is 1. The number of aryl methyl sites for hydroxylation is 2. The van der Waals surface area contributed by atoms with Gasteiger partial charge in [0.15, 0.2) is 6.61 Å². The first-order chi connectivity index (χ1) is 12.1. The third kappa shape index (κ3) is 4.67. The predicted molar refractivity (Wildman–Crippen MR) is 95.6 cm³/mol. The molecular weight excluding hydrogens is 340 g/mol. The number of rotatable bonds is 6. The first-order valence-electron chi connectivity index (χ1n) is 8.01. The Hall–Kier alpha value is -2.67. The summed E-state index contributed by atoms with van der Waals surface area (Å²) >= 11 is 1.55. The van der Waals surface area contributed by atoms with Gasteiger partial charge in [0.1, 0.15) is 5.75 Å². The summed E-state index contributed by atoms with van der Waals surface area (Å²) in [4.78, 5) is 24.6. The quantitative estimate of drug-likeness (QED) is 0.614. The molecule has 0 bridgehead atoms. The molecule has 6 nitrogen and oxygen atoms in total. The third-order valence-corrected chi connectivity index (χ3v) is 5.08. The Balaban J connectivity index is 1.54. The van der Waals surface area contributed by atoms with Gasteiger partial charge in [-0.3, -0.25) is 4.79 Å². The maximum absolute atomic E-state index is 12.2. The second kappa shape index (κ2) is 7.94. The second-order valence-electron chi connectivity index (χ2n) is 5.72. The minimum absolute atomic E-state index is 0.197. The summed E-state index contributed by atoms with van der Waals surface area (Å²) < 4.78 is 5.05. The maximum Gasteiger partial charge on any atom is 0.341 e. The van der Waals surface area contributed by atoms with Crippen molar-refractivity contribution in [2.45, 2.75) is 25.7 Å². The Morgan fingerprint density at radius 2 is 2.00 bits per heavy atom. The number of nitrogens with zero attached hydrogens (tertiary/aromatic N) is 1. The number of thiophene rings is 1. The standard InChI is InChI=1S/C18H18N2O4S/c21-17(22)11-24-14-7-5-12(6-8-14)10-19-20-18(23)16-9-13-3-1-2-4-15(13)25-16/h5-10H,1-4,11H2,(H,20,23)(H,21,22)/b19-10+. The highest BCUT2D eigenvalue weighted by atomic mass is 32.1. The Morgan fingerprint density at radius 3 is 2.72 bits per heavy atom. The highest BCUT2D eigenvalue weighted by Gasteiger charge is 2.16. The van der Waals surface area contributed by atoms with Crippen molar-refractivity contribution in [1.82, 2.24) is 5.43 Å². The molecule has 0 radical (unpaired) electrons. The van der Waals surface area contributed by atoms with Crippen molar-refractivity contribution < 1.29 is 19.4 Å². The number of hydrogen-bond acceptors (Lipinski definition) is 5. The Kier molecular flexibility index (Phi) is 5.45. The Bertz CT molecular complexity index is 772. The van der Waals surface area contributed by atoms with E-state index >= 15 is 0 Å². The fourth-order valence-corrected chi connectivity index (χ4v) is 3.76. The molecule has 0 spiro atoms. The predicted octanol–water partition coefficient (Wildman–Crippen LogP) is 2.85. The number of amides is 1. The number of aliphatic carboxylic acids is 1. The van der Waals surface area contributed by atoms with Gasteiger partial charge in [-0.05, 0) is 67.1 Å². The topological polar surface area (TPSA) is 88.0 Å². The summed E-state index contributed by atoms with van der Waals surface area (Å²) in [7, 11) is 0. The van der Waals surface area contributed by atoms with Crippen LogP contribution in [0.5, 0.6) is 5.75 Å². The third-order valence-electron chi connectivity index (χ3n) is 3.84. The zero-order valence-electron chi connectivity index (χ0n) is 13.5. The number of carbonyl (C=O) groups excluding carboxylic acids is 1. The van der Waals surface area contributed by atoms with E-state index < -0.39 is 5.97 Å². The number of ether oxygens (including phenoxy) is 1. The van der Waals surface area contributed by atoms with E-state index in [0.717, 1.165) is 18.4 Å². The van der Waals surface area contributed by atoms with Crippen LogP contribution in [-0.2, 0) is 17.6 Å². The number of nitrogens with one attached hydrogen (secondary N) is 1. The van der Waals surface area contributed by atoms with Crippen LogP contribution in [0.3, 0.4) is 0 Å². The average Bonchev–Trinajstić information content (AvgIpc) is 3.05. The van der Waals surface area contributed by atoms with Crippen molar-refractivity contribution >= 4 is 29.4 Å². The molecule has 1 aromatic heterocycles. The van der Waals surface area contributed by atoms with Crippen LogP contribution < -0.4 is 10.2 Å². The van der Waals surface area contributed by atoms with Crippen LogP contribution in [0.2, 0.25) is 0 Å². The van der Waals surface area contributed by atoms with Crippen molar-refractivity contribution in [3.63, 3.8) is 0 Å². The zero-order valence-corrected chi connectivity index (χ0v) is 14.3. The molecule has 2 N–H and O–H groups in total. The number of fused-ring (bicyclic) bond motifs is 1. The molecule has 0 unspecified atom stereocenters. The van der Waals surface area contributed by atoms with E-state index in [1.54, 1.807) is 35.6 Å². The van der Waals surface area contributed by atoms with Gasteiger partial charge in [0, 0.05) is 4.88 Å². The van der Waals surface area contributed by atoms with Crippen molar-refractivity contribution in [3.8, 4) is 5.75 Å². The fraction of sp³-hybridized carbons (Fsp3) is 0.278. The monoisotopic (exact) mass is 358 g/mol. The van der Waals surface area contributed by atoms with Crippen LogP contribution in [0.4, 0.5) is 0 Å². The van der Waals surface area contributed by atoms with Crippen molar-refractivity contribution in [3.05, 3.63) is 51.2 Å². The number of benzene rings is 1. The molecule has 0 fully saturated rings. The van der Waals surface area contributed by atoms with Gasteiger partial charge in [-0.2, -0.15) is 5.10 Å². The van der Waals surface area contributed by atoms with Gasteiger partial charge in [-0.25, -0.2) is 10.2 Å². The van der Waals surface area contributed by atoms with Gasteiger partial charge in [0.05, 0.1) is 11.1 Å². The molecule has 3 rings (SSSR count). The molecule has 130 valence electrons. The molecule has 0 atom stereocenters. The summed E-state index contributed by atoms with van der Waals surface area (Å²) in [5.41, 5.74) is 4.61. The van der Waals surface area contributed by atoms with E-state index in [2.05, 4.69) is 10.5 Å². The minimum atomic E-state index is -1.02. The first-order valence-corrected chi connectivity index (χ1v) is 8.83. The van der Waals surface area contributed by atoms with Crippen LogP contribution in [-0.4, -0.2) is 29.8 Å². The highest BCUT2D eigenvalue weighted by molar-refractivity contribution is 7.14. The molecular formula is C18H18N2O4S. The van der Waals surface area contributed by atoms with E-state index in [-0.39, 0.29) is 12.5 Å². The molecule has 25 heavy (non-hydrogen) atoms. The first kappa shape index (κ1) is 17.2. The fourth-order valence-electron chi connectivity index (χ4n) is 2.62. The number of carboxylic acid groups (broad SMARTS) is 1.